The van der Waals surface area contributed by atoms with Gasteiger partial charge in [0.05, 0.1) is 30.7 Å². The molecule has 0 aromatic rings. The van der Waals surface area contributed by atoms with Crippen LogP contribution in [0.3, 0.4) is 0 Å². The number of ketones is 1. The van der Waals surface area contributed by atoms with Gasteiger partial charge in [-0.3, -0.25) is 9.59 Å². The quantitative estimate of drug-likeness (QED) is 0.496. The second-order valence-corrected chi connectivity index (χ2v) is 7.67. The maximum Gasteiger partial charge on any atom is 0.308 e. The number of carbonyl (C=O) groups excluding carboxylic acids is 2. The van der Waals surface area contributed by atoms with Gasteiger partial charge in [0.1, 0.15) is 5.78 Å². The van der Waals surface area contributed by atoms with Crippen molar-refractivity contribution in [3.63, 3.8) is 0 Å². The number of esters is 1. The summed E-state index contributed by atoms with van der Waals surface area (Å²) in [7, 11) is 0. The molecule has 2 bridgehead atoms. The predicted octanol–water partition coefficient (Wildman–Crippen LogP) is 4.00. The monoisotopic (exact) mass is 334 g/mol. The van der Waals surface area contributed by atoms with Gasteiger partial charge in [0.2, 0.25) is 0 Å². The highest BCUT2D eigenvalue weighted by Gasteiger charge is 2.49. The summed E-state index contributed by atoms with van der Waals surface area (Å²) in [6, 6.07) is 0. The fourth-order valence-corrected chi connectivity index (χ4v) is 3.59. The lowest BCUT2D eigenvalue weighted by Gasteiger charge is -2.44. The Kier molecular flexibility index (Phi) is 6.02. The number of allylic oxidation sites excluding steroid dienone is 2. The molecule has 1 saturated heterocycles. The molecule has 24 heavy (non-hydrogen) atoms. The molecule has 0 amide bonds. The van der Waals surface area contributed by atoms with Gasteiger partial charge in [0.25, 0.3) is 0 Å². The molecule has 0 N–H and O–H groups in total. The van der Waals surface area contributed by atoms with Crippen LogP contribution in [-0.4, -0.2) is 30.6 Å². The third-order valence-electron chi connectivity index (χ3n) is 5.30. The molecule has 134 valence electrons. The Hall–Kier alpha value is -1.42. The van der Waals surface area contributed by atoms with E-state index >= 15 is 0 Å². The summed E-state index contributed by atoms with van der Waals surface area (Å²) in [6.45, 7) is 10.2. The molecule has 0 aliphatic carbocycles. The number of hydrogen-bond acceptors (Lipinski definition) is 4. The zero-order valence-corrected chi connectivity index (χ0v) is 15.6. The molecular formula is C20H30O4. The van der Waals surface area contributed by atoms with Gasteiger partial charge in [-0.2, -0.15) is 0 Å². The Balaban J connectivity index is 2.29. The summed E-state index contributed by atoms with van der Waals surface area (Å²) >= 11 is 0. The largest absolute Gasteiger partial charge is 0.465 e. The van der Waals surface area contributed by atoms with Crippen LogP contribution >= 0.6 is 0 Å². The van der Waals surface area contributed by atoms with Crippen LogP contribution in [0.5, 0.6) is 0 Å². The second kappa shape index (κ2) is 7.64. The fourth-order valence-electron chi connectivity index (χ4n) is 3.59. The molecule has 0 saturated carbocycles. The molecule has 2 rings (SSSR count). The van der Waals surface area contributed by atoms with Gasteiger partial charge in [-0.1, -0.05) is 38.5 Å². The highest BCUT2D eigenvalue weighted by molar-refractivity contribution is 5.89. The first-order valence-electron chi connectivity index (χ1n) is 8.91. The van der Waals surface area contributed by atoms with Crippen LogP contribution in [0.4, 0.5) is 0 Å². The Labute approximate surface area is 145 Å². The van der Waals surface area contributed by atoms with Gasteiger partial charge in [-0.15, -0.1) is 0 Å². The van der Waals surface area contributed by atoms with Crippen LogP contribution in [-0.2, 0) is 19.1 Å². The number of ether oxygens (including phenoxy) is 2. The molecule has 3 atom stereocenters. The molecule has 0 aromatic heterocycles. The van der Waals surface area contributed by atoms with Crippen molar-refractivity contribution < 1.29 is 19.1 Å². The zero-order chi connectivity index (χ0) is 17.9. The summed E-state index contributed by atoms with van der Waals surface area (Å²) in [6.07, 6.45) is 6.36. The molecule has 4 heteroatoms. The minimum absolute atomic E-state index is 0.123. The number of Topliss-reactive ketones (excluding diaryl/α,β-unsaturated/α-hetero) is 1. The van der Waals surface area contributed by atoms with Gasteiger partial charge in [-0.25, -0.2) is 0 Å². The molecule has 0 aromatic carbocycles. The van der Waals surface area contributed by atoms with Crippen molar-refractivity contribution in [1.29, 1.82) is 0 Å². The van der Waals surface area contributed by atoms with E-state index in [9.17, 15) is 9.59 Å². The van der Waals surface area contributed by atoms with Crippen molar-refractivity contribution >= 4 is 11.8 Å². The molecule has 0 spiro atoms. The normalized spacial score (nSPS) is 36.6. The maximum absolute atomic E-state index is 12.8. The predicted molar refractivity (Wildman–Crippen MR) is 93.6 cm³/mol. The van der Waals surface area contributed by atoms with E-state index in [0.29, 0.717) is 6.61 Å². The first kappa shape index (κ1) is 18.9. The van der Waals surface area contributed by atoms with E-state index in [0.717, 1.165) is 24.8 Å². The Morgan fingerprint density at radius 3 is 2.54 bits per heavy atom. The van der Waals surface area contributed by atoms with Crippen molar-refractivity contribution in [1.82, 2.24) is 0 Å². The minimum Gasteiger partial charge on any atom is -0.465 e. The molecule has 2 aliphatic rings. The molecular weight excluding hydrogens is 304 g/mol. The number of cyclic esters (lactones) is 1. The van der Waals surface area contributed by atoms with Crippen LogP contribution < -0.4 is 0 Å². The lowest BCUT2D eigenvalue weighted by atomic mass is 9.71. The van der Waals surface area contributed by atoms with Gasteiger partial charge in [-0.05, 0) is 38.7 Å². The Morgan fingerprint density at radius 2 is 1.83 bits per heavy atom. The van der Waals surface area contributed by atoms with E-state index in [2.05, 4.69) is 19.1 Å². The first-order chi connectivity index (χ1) is 11.2. The molecule has 2 heterocycles. The number of carbonyl (C=O) groups is 2. The SMILES string of the molecule is C/C1=C/CCOC(=O)CC2OC(/C(C)=C\CC1)C(C)C(=O)C2(C)C. The van der Waals surface area contributed by atoms with E-state index in [4.69, 9.17) is 9.47 Å². The summed E-state index contributed by atoms with van der Waals surface area (Å²) in [4.78, 5) is 25.0. The summed E-state index contributed by atoms with van der Waals surface area (Å²) < 4.78 is 11.6. The van der Waals surface area contributed by atoms with Crippen LogP contribution in [0, 0.1) is 11.3 Å². The Bertz CT molecular complexity index is 556. The third kappa shape index (κ3) is 4.15. The van der Waals surface area contributed by atoms with Crippen molar-refractivity contribution in [2.75, 3.05) is 6.61 Å². The summed E-state index contributed by atoms with van der Waals surface area (Å²) in [5.41, 5.74) is 1.69. The Morgan fingerprint density at radius 1 is 1.12 bits per heavy atom. The zero-order valence-electron chi connectivity index (χ0n) is 15.6. The lowest BCUT2D eigenvalue weighted by molar-refractivity contribution is -0.172. The second-order valence-electron chi connectivity index (χ2n) is 7.67. The minimum atomic E-state index is -0.678. The summed E-state index contributed by atoms with van der Waals surface area (Å²) in [5.74, 6) is -0.334. The lowest BCUT2D eigenvalue weighted by Crippen LogP contribution is -2.53. The third-order valence-corrected chi connectivity index (χ3v) is 5.30. The van der Waals surface area contributed by atoms with Gasteiger partial charge >= 0.3 is 5.97 Å². The molecule has 1 fully saturated rings. The van der Waals surface area contributed by atoms with E-state index in [1.807, 2.05) is 27.7 Å². The topological polar surface area (TPSA) is 52.6 Å². The van der Waals surface area contributed by atoms with Crippen LogP contribution in [0.2, 0.25) is 0 Å². The smallest absolute Gasteiger partial charge is 0.308 e. The van der Waals surface area contributed by atoms with Crippen molar-refractivity contribution in [3.8, 4) is 0 Å². The van der Waals surface area contributed by atoms with Gasteiger partial charge in [0.15, 0.2) is 0 Å². The van der Waals surface area contributed by atoms with Crippen molar-refractivity contribution in [2.45, 2.75) is 72.5 Å². The number of rotatable bonds is 0. The van der Waals surface area contributed by atoms with Crippen molar-refractivity contribution in [3.05, 3.63) is 23.3 Å². The maximum atomic E-state index is 12.8. The van der Waals surface area contributed by atoms with Gasteiger partial charge in [0, 0.05) is 5.92 Å². The highest BCUT2D eigenvalue weighted by Crippen LogP contribution is 2.40. The van der Waals surface area contributed by atoms with Crippen LogP contribution in [0.15, 0.2) is 23.3 Å². The molecule has 4 nitrogen and oxygen atoms in total. The van der Waals surface area contributed by atoms with Crippen LogP contribution in [0.25, 0.3) is 0 Å². The number of hydrogen-bond donors (Lipinski definition) is 0. The van der Waals surface area contributed by atoms with E-state index in [1.165, 1.54) is 5.57 Å². The average molecular weight is 334 g/mol. The fraction of sp³-hybridized carbons (Fsp3) is 0.700. The van der Waals surface area contributed by atoms with Gasteiger partial charge < -0.3 is 9.47 Å². The average Bonchev–Trinajstić information content (AvgIpc) is 2.51. The van der Waals surface area contributed by atoms with Crippen molar-refractivity contribution in [2.24, 2.45) is 11.3 Å². The number of fused-ring (bicyclic) bond motifs is 2. The molecule has 3 unspecified atom stereocenters. The first-order valence-corrected chi connectivity index (χ1v) is 8.91. The standard InChI is InChI=1S/C20H30O4/c1-13-8-6-10-14(2)18-15(3)19(22)20(4,5)16(24-18)12-17(21)23-11-7-9-13/h9-10,15-16,18H,6-8,11-12H2,1-5H3/b13-9-,14-10-. The molecule has 0 radical (unpaired) electrons. The molecule has 2 aliphatic heterocycles. The van der Waals surface area contributed by atoms with Crippen LogP contribution in [0.1, 0.15) is 60.3 Å². The highest BCUT2D eigenvalue weighted by atomic mass is 16.5. The van der Waals surface area contributed by atoms with E-state index < -0.39 is 11.5 Å². The van der Waals surface area contributed by atoms with E-state index in [-0.39, 0.29) is 30.2 Å². The summed E-state index contributed by atoms with van der Waals surface area (Å²) in [5, 5.41) is 0. The van der Waals surface area contributed by atoms with E-state index in [1.54, 1.807) is 0 Å².